The van der Waals surface area contributed by atoms with Gasteiger partial charge in [0.15, 0.2) is 12.0 Å². The summed E-state index contributed by atoms with van der Waals surface area (Å²) < 4.78 is 0. The van der Waals surface area contributed by atoms with Crippen molar-refractivity contribution in [2.75, 3.05) is 13.1 Å². The third-order valence-corrected chi connectivity index (χ3v) is 7.70. The Balaban J connectivity index is 1.45. The van der Waals surface area contributed by atoms with E-state index in [2.05, 4.69) is 20.6 Å². The topological polar surface area (TPSA) is 201 Å². The van der Waals surface area contributed by atoms with Gasteiger partial charge in [0.25, 0.3) is 11.6 Å². The van der Waals surface area contributed by atoms with Gasteiger partial charge in [-0.3, -0.25) is 34.9 Å². The third kappa shape index (κ3) is 3.72. The first-order valence-electron chi connectivity index (χ1n) is 12.2. The number of imide groups is 1. The molecule has 0 radical (unpaired) electrons. The molecule has 4 aliphatic heterocycles. The van der Waals surface area contributed by atoms with Crippen LogP contribution in [0.3, 0.4) is 0 Å². The van der Waals surface area contributed by atoms with Crippen molar-refractivity contribution in [3.63, 3.8) is 0 Å². The van der Waals surface area contributed by atoms with Gasteiger partial charge in [-0.05, 0) is 23.1 Å². The summed E-state index contributed by atoms with van der Waals surface area (Å²) in [5.41, 5.74) is 11.8. The van der Waals surface area contributed by atoms with Gasteiger partial charge in [0, 0.05) is 18.4 Å². The molecule has 5 rings (SSSR count). The predicted octanol–water partition coefficient (Wildman–Crippen LogP) is -4.01. The van der Waals surface area contributed by atoms with Gasteiger partial charge in [0.1, 0.15) is 12.1 Å². The molecule has 0 aromatic heterocycles. The summed E-state index contributed by atoms with van der Waals surface area (Å²) in [5, 5.41) is 28.8. The summed E-state index contributed by atoms with van der Waals surface area (Å²) in [4.78, 5) is 47.7. The molecule has 4 heterocycles. The van der Waals surface area contributed by atoms with E-state index >= 15 is 0 Å². The number of hydrogen-bond donors (Lipinski definition) is 7. The fourth-order valence-corrected chi connectivity index (χ4v) is 5.70. The van der Waals surface area contributed by atoms with Crippen LogP contribution in [0.2, 0.25) is 0 Å². The normalized spacial score (nSPS) is 30.5. The van der Waals surface area contributed by atoms with E-state index in [0.717, 1.165) is 10.5 Å². The maximum atomic E-state index is 13.2. The second kappa shape index (κ2) is 8.15. The SMILES string of the molecule is CC(C)(C)c1cccc(C(=O)N[C@H]2CN3C(N)=NC(CN4C(=O)CCC4=O)[C@@H]4[NH+]=C(N)N[C@@]43C2(O)O)c1. The molecule has 2 fully saturated rings. The lowest BCUT2D eigenvalue weighted by molar-refractivity contribution is -0.521. The third-order valence-electron chi connectivity index (χ3n) is 7.70. The minimum atomic E-state index is -2.58. The van der Waals surface area contributed by atoms with E-state index in [0.29, 0.717) is 5.56 Å². The molecular weight excluding hydrogens is 480 g/mol. The Morgan fingerprint density at radius 2 is 1.92 bits per heavy atom. The maximum absolute atomic E-state index is 13.2. The van der Waals surface area contributed by atoms with Gasteiger partial charge in [-0.25, -0.2) is 10.3 Å². The van der Waals surface area contributed by atoms with Crippen molar-refractivity contribution in [2.45, 2.75) is 68.6 Å². The van der Waals surface area contributed by atoms with Crippen LogP contribution >= 0.6 is 0 Å². The molecule has 37 heavy (non-hydrogen) atoms. The van der Waals surface area contributed by atoms with Crippen LogP contribution in [0.5, 0.6) is 0 Å². The number of hydrogen-bond acceptors (Lipinski definition) is 10. The van der Waals surface area contributed by atoms with Gasteiger partial charge in [0.05, 0.1) is 13.1 Å². The van der Waals surface area contributed by atoms with Crippen molar-refractivity contribution >= 4 is 29.6 Å². The fraction of sp³-hybridized carbons (Fsp3) is 0.542. The highest BCUT2D eigenvalue weighted by molar-refractivity contribution is 6.02. The monoisotopic (exact) mass is 513 g/mol. The molecule has 0 aliphatic carbocycles. The standard InChI is InChI=1S/C24H32N8O5/c1-22(2,3)13-6-4-5-12(9-13)19(35)28-15-11-32-21(26)27-14(10-31-16(33)7-8-17(31)34)18-23(32,24(15,36)37)30-20(25)29-18/h4-6,9,14-15,18,36-37H,7-8,10-11H2,1-3H3,(H2,26,27)(H,28,35)(H3,25,29,30)/p+1/t14?,15-,18-,23-/m0/s1. The van der Waals surface area contributed by atoms with Crippen molar-refractivity contribution in [1.82, 2.24) is 20.4 Å². The lowest BCUT2D eigenvalue weighted by Gasteiger charge is -2.46. The first-order chi connectivity index (χ1) is 17.3. The molecule has 9 N–H and O–H groups in total. The number of carbonyl (C=O) groups excluding carboxylic acids is 3. The van der Waals surface area contributed by atoms with Gasteiger partial charge < -0.3 is 21.3 Å². The van der Waals surface area contributed by atoms with Crippen LogP contribution in [0.15, 0.2) is 29.3 Å². The Morgan fingerprint density at radius 1 is 1.24 bits per heavy atom. The number of carbonyl (C=O) groups is 3. The Labute approximate surface area is 213 Å². The first kappa shape index (κ1) is 25.0. The van der Waals surface area contributed by atoms with Crippen molar-refractivity contribution in [2.24, 2.45) is 16.5 Å². The molecule has 13 nitrogen and oxygen atoms in total. The van der Waals surface area contributed by atoms with Crippen molar-refractivity contribution in [3.05, 3.63) is 35.4 Å². The van der Waals surface area contributed by atoms with Gasteiger partial charge in [-0.2, -0.15) is 0 Å². The Kier molecular flexibility index (Phi) is 5.50. The van der Waals surface area contributed by atoms with E-state index in [1.807, 2.05) is 26.8 Å². The number of amides is 3. The zero-order valence-electron chi connectivity index (χ0n) is 21.0. The molecule has 198 valence electrons. The number of benzene rings is 1. The van der Waals surface area contributed by atoms with Crippen molar-refractivity contribution in [3.8, 4) is 0 Å². The van der Waals surface area contributed by atoms with Crippen LogP contribution in [0.25, 0.3) is 0 Å². The molecule has 0 bridgehead atoms. The lowest BCUT2D eigenvalue weighted by Crippen LogP contribution is -2.90. The van der Waals surface area contributed by atoms with Gasteiger partial charge in [-0.15, -0.1) is 0 Å². The molecule has 1 aromatic carbocycles. The first-order valence-corrected chi connectivity index (χ1v) is 12.2. The summed E-state index contributed by atoms with van der Waals surface area (Å²) in [6.45, 7) is 5.91. The van der Waals surface area contributed by atoms with E-state index < -0.39 is 35.5 Å². The predicted molar refractivity (Wildman–Crippen MR) is 131 cm³/mol. The molecule has 4 aliphatic rings. The molecule has 1 unspecified atom stereocenters. The van der Waals surface area contributed by atoms with Crippen LogP contribution in [-0.4, -0.2) is 92.3 Å². The zero-order chi connectivity index (χ0) is 26.9. The highest BCUT2D eigenvalue weighted by Gasteiger charge is 2.76. The Morgan fingerprint density at radius 3 is 2.57 bits per heavy atom. The fourth-order valence-electron chi connectivity index (χ4n) is 5.70. The van der Waals surface area contributed by atoms with Crippen LogP contribution in [0, 0.1) is 0 Å². The molecule has 0 saturated carbocycles. The number of nitrogens with one attached hydrogen (secondary N) is 3. The quantitative estimate of drug-likeness (QED) is 0.155. The van der Waals surface area contributed by atoms with E-state index in [1.165, 1.54) is 4.90 Å². The van der Waals surface area contributed by atoms with Crippen LogP contribution in [0.4, 0.5) is 0 Å². The van der Waals surface area contributed by atoms with E-state index in [9.17, 15) is 24.6 Å². The molecule has 3 amide bonds. The highest BCUT2D eigenvalue weighted by Crippen LogP contribution is 2.41. The summed E-state index contributed by atoms with van der Waals surface area (Å²) in [7, 11) is 0. The number of aliphatic imine (C=N–C) groups is 1. The average molecular weight is 514 g/mol. The van der Waals surface area contributed by atoms with Crippen molar-refractivity contribution < 1.29 is 29.6 Å². The number of likely N-dealkylation sites (tertiary alicyclic amines) is 1. The second-order valence-electron chi connectivity index (χ2n) is 11.1. The van der Waals surface area contributed by atoms with E-state index in [-0.39, 0.29) is 55.1 Å². The lowest BCUT2D eigenvalue weighted by atomic mass is 9.84. The van der Waals surface area contributed by atoms with Gasteiger partial charge in [0.2, 0.25) is 17.6 Å². The van der Waals surface area contributed by atoms with E-state index in [4.69, 9.17) is 11.5 Å². The zero-order valence-corrected chi connectivity index (χ0v) is 21.0. The van der Waals surface area contributed by atoms with Crippen LogP contribution in [0.1, 0.15) is 49.5 Å². The number of rotatable bonds is 4. The number of nitrogens with zero attached hydrogens (tertiary/aromatic N) is 3. The van der Waals surface area contributed by atoms with Crippen LogP contribution < -0.4 is 27.1 Å². The molecular formula is C24H33N8O5+. The molecule has 2 saturated heterocycles. The van der Waals surface area contributed by atoms with Crippen LogP contribution in [-0.2, 0) is 15.0 Å². The van der Waals surface area contributed by atoms with E-state index in [1.54, 1.807) is 18.2 Å². The molecule has 4 atom stereocenters. The van der Waals surface area contributed by atoms with Crippen molar-refractivity contribution in [1.29, 1.82) is 0 Å². The summed E-state index contributed by atoms with van der Waals surface area (Å²) in [6, 6.07) is 4.23. The van der Waals surface area contributed by atoms with Gasteiger partial charge >= 0.3 is 5.96 Å². The largest absolute Gasteiger partial charge is 0.370 e. The Hall–Kier alpha value is -3.71. The molecule has 13 heteroatoms. The number of nitrogens with two attached hydrogens (primary N) is 2. The summed E-state index contributed by atoms with van der Waals surface area (Å²) >= 11 is 0. The maximum Gasteiger partial charge on any atom is 0.343 e. The number of aliphatic hydroxyl groups is 2. The summed E-state index contributed by atoms with van der Waals surface area (Å²) in [5.74, 6) is -3.72. The molecule has 1 spiro atoms. The molecule has 1 aromatic rings. The highest BCUT2D eigenvalue weighted by atomic mass is 16.5. The minimum Gasteiger partial charge on any atom is -0.370 e. The second-order valence-corrected chi connectivity index (χ2v) is 11.1. The smallest absolute Gasteiger partial charge is 0.343 e. The summed E-state index contributed by atoms with van der Waals surface area (Å²) in [6.07, 6.45) is 0.224. The van der Waals surface area contributed by atoms with Gasteiger partial charge in [-0.1, -0.05) is 32.9 Å². The average Bonchev–Trinajstić information content (AvgIpc) is 3.41. The Bertz CT molecular complexity index is 1220. The number of guanidine groups is 2. The minimum absolute atomic E-state index is 0.0386.